The summed E-state index contributed by atoms with van der Waals surface area (Å²) >= 11 is 6.22. The minimum Gasteiger partial charge on any atom is -0.312 e. The third-order valence-electron chi connectivity index (χ3n) is 3.83. The summed E-state index contributed by atoms with van der Waals surface area (Å²) in [5.41, 5.74) is 1.82. The third-order valence-corrected chi connectivity index (χ3v) is 4.17. The number of nitrogens with one attached hydrogen (secondary N) is 1. The van der Waals surface area contributed by atoms with Gasteiger partial charge in [0.25, 0.3) is 0 Å². The van der Waals surface area contributed by atoms with E-state index in [1.165, 1.54) is 24.8 Å². The lowest BCUT2D eigenvalue weighted by atomic mass is 9.65. The van der Waals surface area contributed by atoms with Crippen LogP contribution in [0.1, 0.15) is 45.6 Å². The summed E-state index contributed by atoms with van der Waals surface area (Å²) in [4.78, 5) is 4.06. The molecule has 3 heteroatoms. The molecule has 0 amide bonds. The topological polar surface area (TPSA) is 24.9 Å². The largest absolute Gasteiger partial charge is 0.312 e. The van der Waals surface area contributed by atoms with Gasteiger partial charge in [-0.15, -0.1) is 0 Å². The van der Waals surface area contributed by atoms with E-state index in [1.54, 1.807) is 6.20 Å². The first-order chi connectivity index (χ1) is 8.40. The highest BCUT2D eigenvalue weighted by Crippen LogP contribution is 2.44. The van der Waals surface area contributed by atoms with Gasteiger partial charge in [-0.05, 0) is 57.1 Å². The average molecular weight is 267 g/mol. The number of nitrogens with zero attached hydrogens (tertiary/aromatic N) is 1. The number of rotatable bonds is 4. The Balaban J connectivity index is 2.03. The second-order valence-electron chi connectivity index (χ2n) is 6.60. The summed E-state index contributed by atoms with van der Waals surface area (Å²) in [6.07, 6.45) is 8.60. The van der Waals surface area contributed by atoms with Gasteiger partial charge in [-0.1, -0.05) is 18.0 Å². The van der Waals surface area contributed by atoms with Crippen LogP contribution in [0.3, 0.4) is 0 Å². The molecule has 0 bridgehead atoms. The molecule has 18 heavy (non-hydrogen) atoms. The summed E-state index contributed by atoms with van der Waals surface area (Å²) < 4.78 is 0. The van der Waals surface area contributed by atoms with Crippen LogP contribution in [0.2, 0.25) is 5.02 Å². The molecule has 1 aromatic rings. The van der Waals surface area contributed by atoms with Gasteiger partial charge < -0.3 is 5.32 Å². The zero-order chi connectivity index (χ0) is 13.2. The summed E-state index contributed by atoms with van der Waals surface area (Å²) in [6, 6.07) is 2.06. The SMILES string of the molecule is CC(C)(C)NCC1(Cc2ccncc2Cl)CCC1. The normalized spacial score (nSPS) is 18.4. The van der Waals surface area contributed by atoms with Crippen LogP contribution in [-0.2, 0) is 6.42 Å². The molecular formula is C15H23ClN2. The smallest absolute Gasteiger partial charge is 0.0621 e. The van der Waals surface area contributed by atoms with Crippen LogP contribution >= 0.6 is 11.6 Å². The Hall–Kier alpha value is -0.600. The molecule has 100 valence electrons. The molecule has 0 spiro atoms. The van der Waals surface area contributed by atoms with E-state index >= 15 is 0 Å². The van der Waals surface area contributed by atoms with Crippen LogP contribution in [0.5, 0.6) is 0 Å². The molecule has 1 aliphatic rings. The maximum absolute atomic E-state index is 6.22. The molecule has 0 aromatic carbocycles. The van der Waals surface area contributed by atoms with Crippen molar-refractivity contribution >= 4 is 11.6 Å². The zero-order valence-corrected chi connectivity index (χ0v) is 12.3. The van der Waals surface area contributed by atoms with E-state index in [9.17, 15) is 0 Å². The number of hydrogen-bond acceptors (Lipinski definition) is 2. The van der Waals surface area contributed by atoms with Crippen molar-refractivity contribution in [3.8, 4) is 0 Å². The van der Waals surface area contributed by atoms with Gasteiger partial charge in [0.05, 0.1) is 5.02 Å². The van der Waals surface area contributed by atoms with Crippen LogP contribution in [-0.4, -0.2) is 17.1 Å². The Bertz CT molecular complexity index is 405. The molecule has 1 fully saturated rings. The van der Waals surface area contributed by atoms with E-state index in [-0.39, 0.29) is 5.54 Å². The van der Waals surface area contributed by atoms with E-state index in [1.807, 2.05) is 6.20 Å². The first-order valence-electron chi connectivity index (χ1n) is 6.74. The molecule has 1 aliphatic carbocycles. The van der Waals surface area contributed by atoms with Gasteiger partial charge in [-0.2, -0.15) is 0 Å². The standard InChI is InChI=1S/C15H23ClN2/c1-14(2,3)18-11-15(6-4-7-15)9-12-5-8-17-10-13(12)16/h5,8,10,18H,4,6-7,9,11H2,1-3H3. The van der Waals surface area contributed by atoms with Crippen molar-refractivity contribution in [2.24, 2.45) is 5.41 Å². The molecule has 0 atom stereocenters. The second kappa shape index (κ2) is 5.18. The predicted molar refractivity (Wildman–Crippen MR) is 77.0 cm³/mol. The Kier molecular flexibility index (Phi) is 3.98. The summed E-state index contributed by atoms with van der Waals surface area (Å²) in [5.74, 6) is 0. The van der Waals surface area contributed by atoms with Crippen molar-refractivity contribution in [2.45, 2.75) is 52.0 Å². The van der Waals surface area contributed by atoms with Crippen molar-refractivity contribution < 1.29 is 0 Å². The van der Waals surface area contributed by atoms with Crippen molar-refractivity contribution in [3.05, 3.63) is 29.0 Å². The molecule has 1 aromatic heterocycles. The number of pyridine rings is 1. The molecule has 2 rings (SSSR count). The van der Waals surface area contributed by atoms with Crippen LogP contribution in [0.25, 0.3) is 0 Å². The Morgan fingerprint density at radius 3 is 2.61 bits per heavy atom. The monoisotopic (exact) mass is 266 g/mol. The molecule has 1 heterocycles. The van der Waals surface area contributed by atoms with Gasteiger partial charge >= 0.3 is 0 Å². The van der Waals surface area contributed by atoms with Crippen LogP contribution in [0.15, 0.2) is 18.5 Å². The number of aromatic nitrogens is 1. The second-order valence-corrected chi connectivity index (χ2v) is 7.01. The lowest BCUT2D eigenvalue weighted by molar-refractivity contribution is 0.118. The first-order valence-corrected chi connectivity index (χ1v) is 7.12. The van der Waals surface area contributed by atoms with Gasteiger partial charge in [0.1, 0.15) is 0 Å². The number of hydrogen-bond donors (Lipinski definition) is 1. The highest BCUT2D eigenvalue weighted by atomic mass is 35.5. The Morgan fingerprint density at radius 1 is 1.39 bits per heavy atom. The summed E-state index contributed by atoms with van der Waals surface area (Å²) in [5, 5.41) is 4.45. The molecule has 0 aliphatic heterocycles. The lowest BCUT2D eigenvalue weighted by Gasteiger charge is -2.44. The van der Waals surface area contributed by atoms with Gasteiger partial charge in [0, 0.05) is 24.5 Å². The minimum absolute atomic E-state index is 0.185. The van der Waals surface area contributed by atoms with Gasteiger partial charge in [-0.25, -0.2) is 0 Å². The van der Waals surface area contributed by atoms with E-state index in [0.29, 0.717) is 5.41 Å². The first kappa shape index (κ1) is 13.8. The zero-order valence-electron chi connectivity index (χ0n) is 11.6. The molecule has 1 saturated carbocycles. The fourth-order valence-electron chi connectivity index (χ4n) is 2.50. The predicted octanol–water partition coefficient (Wildman–Crippen LogP) is 3.84. The molecule has 2 nitrogen and oxygen atoms in total. The fraction of sp³-hybridized carbons (Fsp3) is 0.667. The highest BCUT2D eigenvalue weighted by molar-refractivity contribution is 6.31. The van der Waals surface area contributed by atoms with Crippen molar-refractivity contribution in [1.82, 2.24) is 10.3 Å². The Labute approximate surface area is 115 Å². The van der Waals surface area contributed by atoms with Crippen LogP contribution < -0.4 is 5.32 Å². The third kappa shape index (κ3) is 3.46. The van der Waals surface area contributed by atoms with Crippen LogP contribution in [0.4, 0.5) is 0 Å². The van der Waals surface area contributed by atoms with Gasteiger partial charge in [0.2, 0.25) is 0 Å². The molecular weight excluding hydrogens is 244 g/mol. The van der Waals surface area contributed by atoms with Crippen molar-refractivity contribution in [3.63, 3.8) is 0 Å². The maximum Gasteiger partial charge on any atom is 0.0621 e. The van der Waals surface area contributed by atoms with E-state index in [0.717, 1.165) is 18.0 Å². The molecule has 0 saturated heterocycles. The molecule has 0 unspecified atom stereocenters. The van der Waals surface area contributed by atoms with Crippen molar-refractivity contribution in [2.75, 3.05) is 6.54 Å². The highest BCUT2D eigenvalue weighted by Gasteiger charge is 2.37. The Morgan fingerprint density at radius 2 is 2.11 bits per heavy atom. The molecule has 1 N–H and O–H groups in total. The quantitative estimate of drug-likeness (QED) is 0.896. The fourth-order valence-corrected chi connectivity index (χ4v) is 2.68. The molecule has 0 radical (unpaired) electrons. The number of halogens is 1. The summed E-state index contributed by atoms with van der Waals surface area (Å²) in [7, 11) is 0. The van der Waals surface area contributed by atoms with E-state index < -0.39 is 0 Å². The summed E-state index contributed by atoms with van der Waals surface area (Å²) in [6.45, 7) is 7.74. The van der Waals surface area contributed by atoms with Gasteiger partial charge in [-0.3, -0.25) is 4.98 Å². The van der Waals surface area contributed by atoms with Crippen LogP contribution in [0, 0.1) is 5.41 Å². The van der Waals surface area contributed by atoms with Crippen molar-refractivity contribution in [1.29, 1.82) is 0 Å². The van der Waals surface area contributed by atoms with E-state index in [2.05, 4.69) is 37.1 Å². The minimum atomic E-state index is 0.185. The van der Waals surface area contributed by atoms with Gasteiger partial charge in [0.15, 0.2) is 0 Å². The maximum atomic E-state index is 6.22. The van der Waals surface area contributed by atoms with E-state index in [4.69, 9.17) is 11.6 Å². The lowest BCUT2D eigenvalue weighted by Crippen LogP contribution is -2.48. The average Bonchev–Trinajstić information content (AvgIpc) is 2.23.